The van der Waals surface area contributed by atoms with E-state index in [1.165, 1.54) is 6.33 Å². The van der Waals surface area contributed by atoms with Crippen LogP contribution in [-0.4, -0.2) is 40.1 Å². The molecule has 2 aromatic rings. The van der Waals surface area contributed by atoms with Crippen LogP contribution in [0.3, 0.4) is 0 Å². The maximum Gasteiger partial charge on any atom is 0.254 e. The summed E-state index contributed by atoms with van der Waals surface area (Å²) in [6.45, 7) is 0.945. The molecule has 0 spiro atoms. The summed E-state index contributed by atoms with van der Waals surface area (Å²) in [4.78, 5) is 17.8. The van der Waals surface area contributed by atoms with Crippen LogP contribution in [0.25, 0.3) is 0 Å². The summed E-state index contributed by atoms with van der Waals surface area (Å²) in [5.41, 5.74) is 1.68. The average molecular weight is 260 g/mol. The Morgan fingerprint density at radius 2 is 2.11 bits per heavy atom. The smallest absolute Gasteiger partial charge is 0.254 e. The molecule has 1 amide bonds. The molecule has 0 aliphatic heterocycles. The van der Waals surface area contributed by atoms with Gasteiger partial charge in [-0.1, -0.05) is 12.1 Å². The van der Waals surface area contributed by atoms with Crippen molar-refractivity contribution in [1.29, 1.82) is 0 Å². The molecule has 0 aliphatic rings. The number of hydrogen-bond donors (Lipinski definition) is 1. The monoisotopic (exact) mass is 260 g/mol. The first kappa shape index (κ1) is 13.2. The number of carbonyl (C=O) groups excluding carboxylic acids is 1. The van der Waals surface area contributed by atoms with Gasteiger partial charge < -0.3 is 9.64 Å². The maximum atomic E-state index is 12.2. The van der Waals surface area contributed by atoms with E-state index in [4.69, 9.17) is 4.74 Å². The van der Waals surface area contributed by atoms with Gasteiger partial charge in [-0.05, 0) is 17.7 Å². The molecule has 1 aromatic carbocycles. The highest BCUT2D eigenvalue weighted by Crippen LogP contribution is 2.09. The fourth-order valence-electron chi connectivity index (χ4n) is 1.73. The van der Waals surface area contributed by atoms with E-state index in [0.717, 1.165) is 5.56 Å². The zero-order valence-corrected chi connectivity index (χ0v) is 11.0. The van der Waals surface area contributed by atoms with Crippen LogP contribution in [0.15, 0.2) is 30.6 Å². The number of H-pyrrole nitrogens is 1. The van der Waals surface area contributed by atoms with Crippen LogP contribution in [0.1, 0.15) is 21.7 Å². The zero-order chi connectivity index (χ0) is 13.7. The van der Waals surface area contributed by atoms with Gasteiger partial charge in [-0.15, -0.1) is 0 Å². The average Bonchev–Trinajstić information content (AvgIpc) is 2.92. The summed E-state index contributed by atoms with van der Waals surface area (Å²) in [5, 5.41) is 6.48. The fourth-order valence-corrected chi connectivity index (χ4v) is 1.73. The van der Waals surface area contributed by atoms with Gasteiger partial charge in [-0.2, -0.15) is 5.10 Å². The van der Waals surface area contributed by atoms with Crippen molar-refractivity contribution in [2.45, 2.75) is 13.2 Å². The normalized spacial score (nSPS) is 10.4. The molecular formula is C13H16N4O2. The van der Waals surface area contributed by atoms with Gasteiger partial charge in [-0.25, -0.2) is 4.98 Å². The van der Waals surface area contributed by atoms with Crippen molar-refractivity contribution in [3.05, 3.63) is 47.5 Å². The van der Waals surface area contributed by atoms with Gasteiger partial charge in [0.15, 0.2) is 0 Å². The van der Waals surface area contributed by atoms with E-state index in [0.29, 0.717) is 24.5 Å². The molecule has 1 aromatic heterocycles. The second-order valence-electron chi connectivity index (χ2n) is 4.22. The summed E-state index contributed by atoms with van der Waals surface area (Å²) >= 11 is 0. The predicted octanol–water partition coefficient (Wildman–Crippen LogP) is 1.22. The molecule has 0 saturated carbocycles. The molecule has 6 heteroatoms. The van der Waals surface area contributed by atoms with Crippen LogP contribution in [0, 0.1) is 0 Å². The minimum absolute atomic E-state index is 0.0552. The lowest BCUT2D eigenvalue weighted by atomic mass is 10.1. The Hall–Kier alpha value is -2.21. The molecule has 0 unspecified atom stereocenters. The maximum absolute atomic E-state index is 12.2. The Balaban J connectivity index is 2.02. The van der Waals surface area contributed by atoms with E-state index in [-0.39, 0.29) is 5.91 Å². The Morgan fingerprint density at radius 3 is 2.68 bits per heavy atom. The Morgan fingerprint density at radius 1 is 1.37 bits per heavy atom. The molecule has 6 nitrogen and oxygen atoms in total. The molecule has 100 valence electrons. The number of methoxy groups -OCH3 is 1. The number of carbonyl (C=O) groups is 1. The molecule has 0 bridgehead atoms. The second kappa shape index (κ2) is 6.10. The van der Waals surface area contributed by atoms with Gasteiger partial charge in [0.1, 0.15) is 12.2 Å². The first-order valence-corrected chi connectivity index (χ1v) is 5.88. The molecule has 0 aliphatic carbocycles. The SMILES string of the molecule is COCc1ccc(C(=O)N(C)Cc2ncn[nH]2)cc1. The molecule has 19 heavy (non-hydrogen) atoms. The number of aromatic amines is 1. The number of amides is 1. The van der Waals surface area contributed by atoms with Gasteiger partial charge in [0.25, 0.3) is 5.91 Å². The molecule has 0 radical (unpaired) electrons. The van der Waals surface area contributed by atoms with Crippen LogP contribution >= 0.6 is 0 Å². The minimum Gasteiger partial charge on any atom is -0.380 e. The standard InChI is InChI=1S/C13H16N4O2/c1-17(7-12-14-9-15-16-12)13(18)11-5-3-10(4-6-11)8-19-2/h3-6,9H,7-8H2,1-2H3,(H,14,15,16). The van der Waals surface area contributed by atoms with Crippen LogP contribution in [0.4, 0.5) is 0 Å². The number of ether oxygens (including phenoxy) is 1. The first-order valence-electron chi connectivity index (χ1n) is 5.88. The minimum atomic E-state index is -0.0552. The van der Waals surface area contributed by atoms with Gasteiger partial charge in [0.05, 0.1) is 13.2 Å². The van der Waals surface area contributed by atoms with E-state index in [1.807, 2.05) is 12.1 Å². The zero-order valence-electron chi connectivity index (χ0n) is 11.0. The molecule has 1 N–H and O–H groups in total. The highest BCUT2D eigenvalue weighted by molar-refractivity contribution is 5.94. The molecule has 2 rings (SSSR count). The Kier molecular flexibility index (Phi) is 4.25. The van der Waals surface area contributed by atoms with Gasteiger partial charge in [0, 0.05) is 19.7 Å². The summed E-state index contributed by atoms with van der Waals surface area (Å²) in [5.74, 6) is 0.604. The second-order valence-corrected chi connectivity index (χ2v) is 4.22. The van der Waals surface area contributed by atoms with Crippen LogP contribution in [0.5, 0.6) is 0 Å². The number of nitrogens with zero attached hydrogens (tertiary/aromatic N) is 3. The third kappa shape index (κ3) is 3.38. The van der Waals surface area contributed by atoms with Crippen molar-refractivity contribution in [2.24, 2.45) is 0 Å². The number of rotatable bonds is 5. The van der Waals surface area contributed by atoms with Gasteiger partial charge >= 0.3 is 0 Å². The number of nitrogens with one attached hydrogen (secondary N) is 1. The third-order valence-corrected chi connectivity index (χ3v) is 2.71. The molecule has 1 heterocycles. The summed E-state index contributed by atoms with van der Waals surface area (Å²) in [6.07, 6.45) is 1.42. The van der Waals surface area contributed by atoms with Crippen molar-refractivity contribution < 1.29 is 9.53 Å². The van der Waals surface area contributed by atoms with E-state index in [1.54, 1.807) is 31.2 Å². The van der Waals surface area contributed by atoms with E-state index in [2.05, 4.69) is 15.2 Å². The lowest BCUT2D eigenvalue weighted by Crippen LogP contribution is -2.26. The van der Waals surface area contributed by atoms with Gasteiger partial charge in [-0.3, -0.25) is 9.89 Å². The van der Waals surface area contributed by atoms with Crippen molar-refractivity contribution in [1.82, 2.24) is 20.1 Å². The predicted molar refractivity (Wildman–Crippen MR) is 69.3 cm³/mol. The molecular weight excluding hydrogens is 244 g/mol. The van der Waals surface area contributed by atoms with Crippen molar-refractivity contribution in [3.63, 3.8) is 0 Å². The van der Waals surface area contributed by atoms with Crippen LogP contribution in [0.2, 0.25) is 0 Å². The van der Waals surface area contributed by atoms with E-state index < -0.39 is 0 Å². The van der Waals surface area contributed by atoms with Crippen molar-refractivity contribution >= 4 is 5.91 Å². The Labute approximate surface area is 111 Å². The highest BCUT2D eigenvalue weighted by atomic mass is 16.5. The largest absolute Gasteiger partial charge is 0.380 e. The first-order chi connectivity index (χ1) is 9.20. The highest BCUT2D eigenvalue weighted by Gasteiger charge is 2.12. The molecule has 0 saturated heterocycles. The van der Waals surface area contributed by atoms with E-state index in [9.17, 15) is 4.79 Å². The molecule has 0 fully saturated rings. The Bertz CT molecular complexity index is 522. The van der Waals surface area contributed by atoms with Crippen molar-refractivity contribution in [3.8, 4) is 0 Å². The van der Waals surface area contributed by atoms with Crippen molar-refractivity contribution in [2.75, 3.05) is 14.2 Å². The summed E-state index contributed by atoms with van der Waals surface area (Å²) in [6, 6.07) is 7.37. The summed E-state index contributed by atoms with van der Waals surface area (Å²) < 4.78 is 5.03. The van der Waals surface area contributed by atoms with Crippen LogP contribution in [-0.2, 0) is 17.9 Å². The molecule has 0 atom stereocenters. The number of aromatic nitrogens is 3. The lowest BCUT2D eigenvalue weighted by molar-refractivity contribution is 0.0781. The van der Waals surface area contributed by atoms with Crippen LogP contribution < -0.4 is 0 Å². The number of benzene rings is 1. The number of hydrogen-bond acceptors (Lipinski definition) is 4. The van der Waals surface area contributed by atoms with Gasteiger partial charge in [0.2, 0.25) is 0 Å². The summed E-state index contributed by atoms with van der Waals surface area (Å²) in [7, 11) is 3.37. The van der Waals surface area contributed by atoms with E-state index >= 15 is 0 Å². The lowest BCUT2D eigenvalue weighted by Gasteiger charge is -2.15. The fraction of sp³-hybridized carbons (Fsp3) is 0.308. The topological polar surface area (TPSA) is 71.1 Å². The quantitative estimate of drug-likeness (QED) is 0.877. The third-order valence-electron chi connectivity index (χ3n) is 2.71.